The molecule has 1 spiro atoms. The number of nitrogens with one attached hydrogen (secondary N) is 1. The summed E-state index contributed by atoms with van der Waals surface area (Å²) in [5, 5.41) is 4.29. The third kappa shape index (κ3) is 3.13. The molecule has 7 nitrogen and oxygen atoms in total. The van der Waals surface area contributed by atoms with Crippen LogP contribution in [0.5, 0.6) is 0 Å². The standard InChI is InChI=1S/C32H30N4O3/c1-4-19-13-15-20(16-14-19)35-29(38)26-24(17-18(2)3)34-32(27(26)30(35)39)22-10-6-8-12-25(22)36-28(37)21-9-5-7-11-23(21)33-31(32)36/h5-16,18,24,26-27,34H,4,17H2,1-3H3/t24-,26+,27+,32-/m0/s1. The second-order valence-corrected chi connectivity index (χ2v) is 11.3. The molecule has 4 aromatic rings. The van der Waals surface area contributed by atoms with Gasteiger partial charge in [0.25, 0.3) is 5.56 Å². The predicted molar refractivity (Wildman–Crippen MR) is 150 cm³/mol. The van der Waals surface area contributed by atoms with E-state index in [0.29, 0.717) is 40.4 Å². The quantitative estimate of drug-likeness (QED) is 0.407. The number of amides is 2. The van der Waals surface area contributed by atoms with E-state index >= 15 is 0 Å². The van der Waals surface area contributed by atoms with Gasteiger partial charge in [0.1, 0.15) is 11.4 Å². The number of nitrogens with zero attached hydrogens (tertiary/aromatic N) is 3. The van der Waals surface area contributed by atoms with E-state index in [1.807, 2.05) is 66.7 Å². The maximum atomic E-state index is 14.5. The van der Waals surface area contributed by atoms with Gasteiger partial charge in [0.05, 0.1) is 34.1 Å². The Bertz CT molecular complexity index is 1720. The molecule has 196 valence electrons. The van der Waals surface area contributed by atoms with Gasteiger partial charge in [-0.1, -0.05) is 63.2 Å². The highest BCUT2D eigenvalue weighted by Crippen LogP contribution is 2.56. The molecule has 1 aromatic heterocycles. The number of carbonyl (C=O) groups is 2. The van der Waals surface area contributed by atoms with Crippen molar-refractivity contribution < 1.29 is 9.59 Å². The van der Waals surface area contributed by atoms with Crippen LogP contribution in [-0.4, -0.2) is 27.4 Å². The lowest BCUT2D eigenvalue weighted by atomic mass is 9.75. The summed E-state index contributed by atoms with van der Waals surface area (Å²) in [6, 6.07) is 22.4. The van der Waals surface area contributed by atoms with Crippen LogP contribution < -0.4 is 15.8 Å². The molecule has 4 atom stereocenters. The van der Waals surface area contributed by atoms with Gasteiger partial charge < -0.3 is 0 Å². The number of hydrogen-bond donors (Lipinski definition) is 1. The number of carbonyl (C=O) groups excluding carboxylic acids is 2. The lowest BCUT2D eigenvalue weighted by Crippen LogP contribution is -2.50. The molecule has 39 heavy (non-hydrogen) atoms. The van der Waals surface area contributed by atoms with E-state index in [1.165, 1.54) is 4.90 Å². The third-order valence-corrected chi connectivity index (χ3v) is 8.69. The first kappa shape index (κ1) is 24.0. The minimum absolute atomic E-state index is 0.172. The number of benzene rings is 3. The van der Waals surface area contributed by atoms with E-state index in [-0.39, 0.29) is 23.4 Å². The summed E-state index contributed by atoms with van der Waals surface area (Å²) < 4.78 is 1.65. The minimum Gasteiger partial charge on any atom is -0.297 e. The molecule has 0 aliphatic carbocycles. The number of imide groups is 1. The van der Waals surface area contributed by atoms with Crippen LogP contribution in [0.25, 0.3) is 16.6 Å². The van der Waals surface area contributed by atoms with Gasteiger partial charge in [-0.2, -0.15) is 0 Å². The van der Waals surface area contributed by atoms with Crippen molar-refractivity contribution in [2.75, 3.05) is 4.90 Å². The summed E-state index contributed by atoms with van der Waals surface area (Å²) in [4.78, 5) is 48.9. The van der Waals surface area contributed by atoms with Crippen molar-refractivity contribution in [1.82, 2.24) is 14.9 Å². The molecular weight excluding hydrogens is 488 g/mol. The highest BCUT2D eigenvalue weighted by atomic mass is 16.2. The number of fused-ring (bicyclic) bond motifs is 8. The van der Waals surface area contributed by atoms with Crippen molar-refractivity contribution in [1.29, 1.82) is 0 Å². The molecule has 0 saturated carbocycles. The lowest BCUT2D eigenvalue weighted by molar-refractivity contribution is -0.123. The number of aryl methyl sites for hydroxylation is 1. The van der Waals surface area contributed by atoms with Crippen molar-refractivity contribution >= 4 is 28.4 Å². The highest BCUT2D eigenvalue weighted by molar-refractivity contribution is 6.23. The molecule has 3 aliphatic rings. The van der Waals surface area contributed by atoms with Gasteiger partial charge in [0, 0.05) is 11.6 Å². The van der Waals surface area contributed by atoms with Crippen LogP contribution in [0.3, 0.4) is 0 Å². The number of hydrogen-bond acceptors (Lipinski definition) is 5. The average Bonchev–Trinajstić information content (AvgIpc) is 3.51. The molecular formula is C32H30N4O3. The molecule has 0 bridgehead atoms. The molecule has 1 N–H and O–H groups in total. The van der Waals surface area contributed by atoms with Gasteiger partial charge in [-0.3, -0.25) is 24.3 Å². The molecule has 2 amide bonds. The van der Waals surface area contributed by atoms with Crippen molar-refractivity contribution in [3.8, 4) is 5.69 Å². The summed E-state index contributed by atoms with van der Waals surface area (Å²) in [6.07, 6.45) is 1.59. The van der Waals surface area contributed by atoms with Crippen LogP contribution in [0.2, 0.25) is 0 Å². The van der Waals surface area contributed by atoms with Crippen LogP contribution in [0.15, 0.2) is 77.6 Å². The van der Waals surface area contributed by atoms with Gasteiger partial charge in [-0.15, -0.1) is 0 Å². The Kier molecular flexibility index (Phi) is 5.19. The van der Waals surface area contributed by atoms with Gasteiger partial charge >= 0.3 is 0 Å². The second-order valence-electron chi connectivity index (χ2n) is 11.3. The minimum atomic E-state index is -1.10. The molecule has 2 saturated heterocycles. The van der Waals surface area contributed by atoms with Crippen molar-refractivity contribution in [3.05, 3.63) is 100 Å². The molecule has 7 rings (SSSR count). The van der Waals surface area contributed by atoms with Crippen LogP contribution in [0.1, 0.15) is 44.1 Å². The van der Waals surface area contributed by atoms with E-state index in [9.17, 15) is 14.4 Å². The summed E-state index contributed by atoms with van der Waals surface area (Å²) >= 11 is 0. The maximum Gasteiger partial charge on any atom is 0.266 e. The van der Waals surface area contributed by atoms with E-state index in [0.717, 1.165) is 17.5 Å². The smallest absolute Gasteiger partial charge is 0.266 e. The topological polar surface area (TPSA) is 84.3 Å². The van der Waals surface area contributed by atoms with E-state index in [4.69, 9.17) is 4.98 Å². The predicted octanol–water partition coefficient (Wildman–Crippen LogP) is 4.33. The zero-order valence-electron chi connectivity index (χ0n) is 22.2. The fraction of sp³-hybridized carbons (Fsp3) is 0.312. The van der Waals surface area contributed by atoms with Crippen molar-refractivity contribution in [3.63, 3.8) is 0 Å². The normalized spacial score (nSPS) is 25.1. The average molecular weight is 519 g/mol. The summed E-state index contributed by atoms with van der Waals surface area (Å²) in [5.41, 5.74) is 2.56. The molecule has 4 heterocycles. The monoisotopic (exact) mass is 518 g/mol. The Labute approximate surface area is 226 Å². The molecule has 7 heteroatoms. The zero-order chi connectivity index (χ0) is 27.1. The van der Waals surface area contributed by atoms with Crippen molar-refractivity contribution in [2.24, 2.45) is 17.8 Å². The Hall–Kier alpha value is -4.10. The first-order chi connectivity index (χ1) is 18.9. The zero-order valence-corrected chi connectivity index (χ0v) is 22.2. The maximum absolute atomic E-state index is 14.5. The van der Waals surface area contributed by atoms with Gasteiger partial charge in [-0.05, 0) is 54.7 Å². The first-order valence-electron chi connectivity index (χ1n) is 13.7. The van der Waals surface area contributed by atoms with Gasteiger partial charge in [0.2, 0.25) is 11.8 Å². The molecule has 2 fully saturated rings. The highest BCUT2D eigenvalue weighted by Gasteiger charge is 2.69. The van der Waals surface area contributed by atoms with Gasteiger partial charge in [0.15, 0.2) is 0 Å². The van der Waals surface area contributed by atoms with E-state index in [1.54, 1.807) is 10.6 Å². The molecule has 0 radical (unpaired) electrons. The van der Waals surface area contributed by atoms with Crippen molar-refractivity contribution in [2.45, 2.75) is 45.2 Å². The third-order valence-electron chi connectivity index (χ3n) is 8.69. The van der Waals surface area contributed by atoms with Crippen LogP contribution in [-0.2, 0) is 21.5 Å². The fourth-order valence-corrected chi connectivity index (χ4v) is 7.06. The van der Waals surface area contributed by atoms with E-state index in [2.05, 4.69) is 26.1 Å². The Morgan fingerprint density at radius 3 is 2.38 bits per heavy atom. The Morgan fingerprint density at radius 2 is 1.64 bits per heavy atom. The first-order valence-corrected chi connectivity index (χ1v) is 13.7. The van der Waals surface area contributed by atoms with Crippen LogP contribution >= 0.6 is 0 Å². The van der Waals surface area contributed by atoms with E-state index < -0.39 is 17.4 Å². The second kappa shape index (κ2) is 8.45. The van der Waals surface area contributed by atoms with Crippen LogP contribution in [0.4, 0.5) is 5.69 Å². The summed E-state index contributed by atoms with van der Waals surface area (Å²) in [6.45, 7) is 6.32. The lowest BCUT2D eigenvalue weighted by Gasteiger charge is -2.32. The Balaban J connectivity index is 1.49. The largest absolute Gasteiger partial charge is 0.297 e. The van der Waals surface area contributed by atoms with Gasteiger partial charge in [-0.25, -0.2) is 9.88 Å². The number of aromatic nitrogens is 2. The summed E-state index contributed by atoms with van der Waals surface area (Å²) in [7, 11) is 0. The molecule has 3 aromatic carbocycles. The fourth-order valence-electron chi connectivity index (χ4n) is 7.06. The molecule has 0 unspecified atom stereocenters. The van der Waals surface area contributed by atoms with Crippen LogP contribution in [0, 0.1) is 17.8 Å². The number of rotatable bonds is 4. The number of para-hydroxylation sites is 2. The number of anilines is 1. The SMILES string of the molecule is CCc1ccc(N2C(=O)[C@@H]3[C@H](CC(C)C)N[C@@]4(c5ccccc5-n5c4nc4ccccc4c5=O)[C@H]3C2=O)cc1. The Morgan fingerprint density at radius 1 is 0.923 bits per heavy atom. The summed E-state index contributed by atoms with van der Waals surface area (Å²) in [5.74, 6) is -0.973. The molecule has 3 aliphatic heterocycles.